The Balaban J connectivity index is 1.92. The van der Waals surface area contributed by atoms with E-state index in [9.17, 15) is 4.39 Å². The second-order valence-electron chi connectivity index (χ2n) is 5.21. The van der Waals surface area contributed by atoms with Gasteiger partial charge in [0.25, 0.3) is 0 Å². The van der Waals surface area contributed by atoms with Crippen molar-refractivity contribution in [2.24, 2.45) is 0 Å². The van der Waals surface area contributed by atoms with Crippen LogP contribution in [0.1, 0.15) is 13.8 Å². The van der Waals surface area contributed by atoms with E-state index < -0.39 is 5.79 Å². The topological polar surface area (TPSA) is 23.4 Å². The second-order valence-corrected chi connectivity index (χ2v) is 6.07. The third-order valence-corrected chi connectivity index (χ3v) is 3.94. The van der Waals surface area contributed by atoms with Gasteiger partial charge in [0.2, 0.25) is 0 Å². The highest BCUT2D eigenvalue weighted by Crippen LogP contribution is 2.29. The van der Waals surface area contributed by atoms with E-state index >= 15 is 0 Å². The van der Waals surface area contributed by atoms with Gasteiger partial charge in [-0.15, -0.1) is 0 Å². The number of fused-ring (bicyclic) bond motifs is 1. The standard InChI is InChI=1S/C14H15BrFNO2/c1-14(2)18-8-9(19-14)6-17-7-11(16)13-10(15)4-3-5-12(13)17/h3-5,7,9H,6,8H2,1-2H3. The van der Waals surface area contributed by atoms with Crippen molar-refractivity contribution < 1.29 is 13.9 Å². The Morgan fingerprint density at radius 2 is 2.26 bits per heavy atom. The lowest BCUT2D eigenvalue weighted by atomic mass is 10.2. The van der Waals surface area contributed by atoms with Crippen LogP contribution in [-0.2, 0) is 16.0 Å². The molecule has 1 aromatic carbocycles. The summed E-state index contributed by atoms with van der Waals surface area (Å²) < 4.78 is 27.9. The first kappa shape index (κ1) is 13.1. The summed E-state index contributed by atoms with van der Waals surface area (Å²) in [6.07, 6.45) is 1.47. The lowest BCUT2D eigenvalue weighted by Gasteiger charge is -2.17. The Bertz CT molecular complexity index is 623. The fraction of sp³-hybridized carbons (Fsp3) is 0.429. The summed E-state index contributed by atoms with van der Waals surface area (Å²) in [5, 5.41) is 0.612. The highest BCUT2D eigenvalue weighted by Gasteiger charge is 2.33. The van der Waals surface area contributed by atoms with Gasteiger partial charge in [-0.05, 0) is 41.9 Å². The minimum atomic E-state index is -0.549. The number of hydrogen-bond donors (Lipinski definition) is 0. The SMILES string of the molecule is CC1(C)OCC(Cn2cc(F)c3c(Br)cccc32)O1. The van der Waals surface area contributed by atoms with Crippen LogP contribution < -0.4 is 0 Å². The molecule has 3 nitrogen and oxygen atoms in total. The van der Waals surface area contributed by atoms with Crippen molar-refractivity contribution >= 4 is 26.8 Å². The summed E-state index contributed by atoms with van der Waals surface area (Å²) in [6, 6.07) is 5.65. The summed E-state index contributed by atoms with van der Waals surface area (Å²) in [6.45, 7) is 4.89. The number of hydrogen-bond acceptors (Lipinski definition) is 2. The summed E-state index contributed by atoms with van der Waals surface area (Å²) in [7, 11) is 0. The number of rotatable bonds is 2. The number of aromatic nitrogens is 1. The Kier molecular flexibility index (Phi) is 3.15. The van der Waals surface area contributed by atoms with E-state index in [0.717, 1.165) is 9.99 Å². The fourth-order valence-electron chi connectivity index (χ4n) is 2.48. The van der Waals surface area contributed by atoms with Crippen molar-refractivity contribution in [3.63, 3.8) is 0 Å². The largest absolute Gasteiger partial charge is 0.348 e. The minimum Gasteiger partial charge on any atom is -0.348 e. The summed E-state index contributed by atoms with van der Waals surface area (Å²) in [4.78, 5) is 0. The van der Waals surface area contributed by atoms with E-state index in [1.54, 1.807) is 0 Å². The number of ether oxygens (including phenoxy) is 2. The molecule has 1 aromatic heterocycles. The van der Waals surface area contributed by atoms with Crippen LogP contribution >= 0.6 is 15.9 Å². The lowest BCUT2D eigenvalue weighted by molar-refractivity contribution is -0.139. The van der Waals surface area contributed by atoms with Gasteiger partial charge in [0, 0.05) is 16.1 Å². The zero-order valence-corrected chi connectivity index (χ0v) is 12.4. The summed E-state index contributed by atoms with van der Waals surface area (Å²) >= 11 is 3.38. The smallest absolute Gasteiger partial charge is 0.163 e. The maximum atomic E-state index is 14.0. The van der Waals surface area contributed by atoms with E-state index in [0.29, 0.717) is 18.5 Å². The quantitative estimate of drug-likeness (QED) is 0.839. The summed E-state index contributed by atoms with van der Waals surface area (Å²) in [5.74, 6) is -0.770. The van der Waals surface area contributed by atoms with Gasteiger partial charge in [0.1, 0.15) is 11.9 Å². The molecule has 0 saturated carbocycles. The molecule has 1 atom stereocenters. The molecule has 0 aliphatic carbocycles. The normalized spacial score (nSPS) is 22.2. The highest BCUT2D eigenvalue weighted by molar-refractivity contribution is 9.10. The Labute approximate surface area is 119 Å². The van der Waals surface area contributed by atoms with E-state index in [1.807, 2.05) is 36.6 Å². The van der Waals surface area contributed by atoms with Gasteiger partial charge in [-0.3, -0.25) is 0 Å². The number of benzene rings is 1. The zero-order valence-electron chi connectivity index (χ0n) is 10.8. The van der Waals surface area contributed by atoms with Crippen molar-refractivity contribution in [2.45, 2.75) is 32.3 Å². The van der Waals surface area contributed by atoms with Crippen LogP contribution in [0.3, 0.4) is 0 Å². The maximum absolute atomic E-state index is 14.0. The molecule has 1 aliphatic heterocycles. The van der Waals surface area contributed by atoms with Gasteiger partial charge < -0.3 is 14.0 Å². The average Bonchev–Trinajstić information content (AvgIpc) is 2.82. The monoisotopic (exact) mass is 327 g/mol. The molecule has 19 heavy (non-hydrogen) atoms. The predicted molar refractivity (Wildman–Crippen MR) is 74.5 cm³/mol. The first-order chi connectivity index (χ1) is 8.96. The van der Waals surface area contributed by atoms with Crippen molar-refractivity contribution in [1.29, 1.82) is 0 Å². The van der Waals surface area contributed by atoms with Crippen LogP contribution in [0, 0.1) is 5.82 Å². The molecule has 1 unspecified atom stereocenters. The Hall–Kier alpha value is -0.910. The van der Waals surface area contributed by atoms with Gasteiger partial charge in [0.05, 0.1) is 18.7 Å². The van der Waals surface area contributed by atoms with Crippen molar-refractivity contribution in [3.05, 3.63) is 34.7 Å². The molecule has 1 fully saturated rings. The average molecular weight is 328 g/mol. The number of halogens is 2. The van der Waals surface area contributed by atoms with Gasteiger partial charge in [0.15, 0.2) is 5.79 Å². The van der Waals surface area contributed by atoms with Gasteiger partial charge >= 0.3 is 0 Å². The molecule has 2 heterocycles. The van der Waals surface area contributed by atoms with Crippen LogP contribution in [-0.4, -0.2) is 23.1 Å². The molecule has 0 spiro atoms. The molecule has 102 valence electrons. The van der Waals surface area contributed by atoms with E-state index in [-0.39, 0.29) is 11.9 Å². The maximum Gasteiger partial charge on any atom is 0.163 e. The molecule has 0 bridgehead atoms. The zero-order chi connectivity index (χ0) is 13.6. The Morgan fingerprint density at radius 1 is 1.47 bits per heavy atom. The predicted octanol–water partition coefficient (Wildman–Crippen LogP) is 3.69. The van der Waals surface area contributed by atoms with Crippen molar-refractivity contribution in [1.82, 2.24) is 4.57 Å². The highest BCUT2D eigenvalue weighted by atomic mass is 79.9. The molecule has 5 heteroatoms. The molecule has 1 saturated heterocycles. The van der Waals surface area contributed by atoms with E-state index in [2.05, 4.69) is 15.9 Å². The van der Waals surface area contributed by atoms with Crippen molar-refractivity contribution in [2.75, 3.05) is 6.61 Å². The molecule has 0 radical (unpaired) electrons. The van der Waals surface area contributed by atoms with E-state index in [1.165, 1.54) is 6.20 Å². The van der Waals surface area contributed by atoms with Crippen LogP contribution in [0.5, 0.6) is 0 Å². The van der Waals surface area contributed by atoms with Crippen LogP contribution in [0.4, 0.5) is 4.39 Å². The molecule has 0 amide bonds. The first-order valence-electron chi connectivity index (χ1n) is 6.21. The Morgan fingerprint density at radius 3 is 2.95 bits per heavy atom. The third-order valence-electron chi connectivity index (χ3n) is 3.28. The molecular weight excluding hydrogens is 313 g/mol. The molecule has 0 N–H and O–H groups in total. The van der Waals surface area contributed by atoms with Gasteiger partial charge in [-0.1, -0.05) is 6.07 Å². The van der Waals surface area contributed by atoms with Crippen LogP contribution in [0.15, 0.2) is 28.9 Å². The lowest BCUT2D eigenvalue weighted by Crippen LogP contribution is -2.23. The number of nitrogens with zero attached hydrogens (tertiary/aromatic N) is 1. The van der Waals surface area contributed by atoms with E-state index in [4.69, 9.17) is 9.47 Å². The molecular formula is C14H15BrFNO2. The van der Waals surface area contributed by atoms with Crippen LogP contribution in [0.25, 0.3) is 10.9 Å². The van der Waals surface area contributed by atoms with Gasteiger partial charge in [-0.25, -0.2) is 4.39 Å². The summed E-state index contributed by atoms with van der Waals surface area (Å²) in [5.41, 5.74) is 0.861. The van der Waals surface area contributed by atoms with Crippen molar-refractivity contribution in [3.8, 4) is 0 Å². The first-order valence-corrected chi connectivity index (χ1v) is 7.00. The van der Waals surface area contributed by atoms with Gasteiger partial charge in [-0.2, -0.15) is 0 Å². The second kappa shape index (κ2) is 4.58. The molecule has 3 rings (SSSR count). The molecule has 2 aromatic rings. The fourth-order valence-corrected chi connectivity index (χ4v) is 3.03. The molecule has 1 aliphatic rings. The minimum absolute atomic E-state index is 0.0519. The third kappa shape index (κ3) is 2.42. The van der Waals surface area contributed by atoms with Crippen LogP contribution in [0.2, 0.25) is 0 Å².